The number of rotatable bonds is 5. The zero-order valence-corrected chi connectivity index (χ0v) is 14.7. The van der Waals surface area contributed by atoms with Crippen LogP contribution in [0.2, 0.25) is 5.02 Å². The maximum absolute atomic E-state index is 12.1. The zero-order valence-electron chi connectivity index (χ0n) is 10.7. The first-order valence-electron chi connectivity index (χ1n) is 5.98. The Morgan fingerprint density at radius 3 is 2.90 bits per heavy atom. The molecule has 1 unspecified atom stereocenters. The van der Waals surface area contributed by atoms with Crippen LogP contribution in [0.25, 0.3) is 0 Å². The summed E-state index contributed by atoms with van der Waals surface area (Å²) in [6.45, 7) is 2.44. The molecule has 0 spiro atoms. The van der Waals surface area contributed by atoms with Crippen molar-refractivity contribution in [3.8, 4) is 0 Å². The molecule has 2 rings (SSSR count). The lowest BCUT2D eigenvalue weighted by atomic mass is 10.4. The van der Waals surface area contributed by atoms with E-state index in [1.807, 2.05) is 42.6 Å². The van der Waals surface area contributed by atoms with Crippen LogP contribution in [0.4, 0.5) is 0 Å². The number of carbonyl (C=O) groups is 1. The fourth-order valence-electron chi connectivity index (χ4n) is 1.55. The molecule has 20 heavy (non-hydrogen) atoms. The van der Waals surface area contributed by atoms with Crippen LogP contribution in [0.1, 0.15) is 11.8 Å². The van der Waals surface area contributed by atoms with Gasteiger partial charge >= 0.3 is 0 Å². The van der Waals surface area contributed by atoms with Crippen LogP contribution in [0, 0.1) is 0 Å². The molecular weight excluding hydrogens is 378 g/mol. The van der Waals surface area contributed by atoms with Gasteiger partial charge < -0.3 is 5.32 Å². The van der Waals surface area contributed by atoms with Gasteiger partial charge in [-0.15, -0.1) is 23.1 Å². The van der Waals surface area contributed by atoms with Crippen molar-refractivity contribution in [3.63, 3.8) is 0 Å². The highest BCUT2D eigenvalue weighted by Gasteiger charge is 2.15. The van der Waals surface area contributed by atoms with E-state index in [0.717, 1.165) is 14.2 Å². The van der Waals surface area contributed by atoms with E-state index in [1.165, 1.54) is 11.8 Å². The highest BCUT2D eigenvalue weighted by Crippen LogP contribution is 2.30. The Bertz CT molecular complexity index is 602. The molecule has 2 nitrogen and oxygen atoms in total. The smallest absolute Gasteiger partial charge is 0.233 e. The van der Waals surface area contributed by atoms with Crippen molar-refractivity contribution in [2.24, 2.45) is 0 Å². The van der Waals surface area contributed by atoms with Crippen LogP contribution in [0.3, 0.4) is 0 Å². The van der Waals surface area contributed by atoms with Crippen molar-refractivity contribution in [1.29, 1.82) is 0 Å². The summed E-state index contributed by atoms with van der Waals surface area (Å²) in [7, 11) is 0. The zero-order chi connectivity index (χ0) is 14.5. The average molecular weight is 391 g/mol. The van der Waals surface area contributed by atoms with Gasteiger partial charge in [-0.1, -0.05) is 23.7 Å². The van der Waals surface area contributed by atoms with E-state index in [-0.39, 0.29) is 11.2 Å². The number of carbonyl (C=O) groups excluding carboxylic acids is 1. The number of benzene rings is 1. The maximum atomic E-state index is 12.1. The second kappa shape index (κ2) is 7.50. The first-order valence-corrected chi connectivity index (χ1v) is 8.91. The molecule has 0 aliphatic carbocycles. The standard InChI is InChI=1S/C14H13BrClNOS2/c1-9(20-13-5-3-2-4-12(13)16)14(18)17-7-11-6-10(15)8-19-11/h2-6,8-9H,7H2,1H3,(H,17,18). The molecular formula is C14H13BrClNOS2. The highest BCUT2D eigenvalue weighted by atomic mass is 79.9. The predicted molar refractivity (Wildman–Crippen MR) is 90.6 cm³/mol. The molecule has 2 aromatic rings. The van der Waals surface area contributed by atoms with E-state index in [1.54, 1.807) is 11.3 Å². The van der Waals surface area contributed by atoms with Gasteiger partial charge in [-0.2, -0.15) is 0 Å². The minimum Gasteiger partial charge on any atom is -0.350 e. The summed E-state index contributed by atoms with van der Waals surface area (Å²) in [6.07, 6.45) is 0. The van der Waals surface area contributed by atoms with Crippen molar-refractivity contribution in [2.45, 2.75) is 23.6 Å². The van der Waals surface area contributed by atoms with Crippen LogP contribution in [0.15, 0.2) is 45.1 Å². The summed E-state index contributed by atoms with van der Waals surface area (Å²) >= 11 is 12.6. The number of hydrogen-bond donors (Lipinski definition) is 1. The van der Waals surface area contributed by atoms with E-state index in [0.29, 0.717) is 11.6 Å². The van der Waals surface area contributed by atoms with E-state index in [2.05, 4.69) is 21.2 Å². The molecule has 0 fully saturated rings. The topological polar surface area (TPSA) is 29.1 Å². The molecule has 1 N–H and O–H groups in total. The van der Waals surface area contributed by atoms with Gasteiger partial charge in [0.2, 0.25) is 5.91 Å². The van der Waals surface area contributed by atoms with Crippen LogP contribution >= 0.6 is 50.6 Å². The second-order valence-electron chi connectivity index (χ2n) is 4.14. The van der Waals surface area contributed by atoms with Gasteiger partial charge in [0.05, 0.1) is 16.8 Å². The van der Waals surface area contributed by atoms with Crippen LogP contribution < -0.4 is 5.32 Å². The largest absolute Gasteiger partial charge is 0.350 e. The fourth-order valence-corrected chi connectivity index (χ4v) is 4.12. The molecule has 1 amide bonds. The van der Waals surface area contributed by atoms with E-state index in [4.69, 9.17) is 11.6 Å². The average Bonchev–Trinajstić information content (AvgIpc) is 2.84. The molecule has 0 radical (unpaired) electrons. The van der Waals surface area contributed by atoms with Crippen molar-refractivity contribution in [1.82, 2.24) is 5.32 Å². The van der Waals surface area contributed by atoms with Gasteiger partial charge in [0.25, 0.3) is 0 Å². The SMILES string of the molecule is CC(Sc1ccccc1Cl)C(=O)NCc1cc(Br)cs1. The molecule has 1 aromatic heterocycles. The Labute approximate surface area is 140 Å². The normalized spacial score (nSPS) is 12.2. The van der Waals surface area contributed by atoms with Crippen molar-refractivity contribution in [2.75, 3.05) is 0 Å². The Morgan fingerprint density at radius 1 is 1.50 bits per heavy atom. The lowest BCUT2D eigenvalue weighted by Crippen LogP contribution is -2.30. The molecule has 0 saturated heterocycles. The summed E-state index contributed by atoms with van der Waals surface area (Å²) in [4.78, 5) is 14.1. The van der Waals surface area contributed by atoms with Crippen LogP contribution in [0.5, 0.6) is 0 Å². The second-order valence-corrected chi connectivity index (χ2v) is 7.84. The number of halogens is 2. The summed E-state index contributed by atoms with van der Waals surface area (Å²) < 4.78 is 1.05. The van der Waals surface area contributed by atoms with E-state index in [9.17, 15) is 4.79 Å². The fraction of sp³-hybridized carbons (Fsp3) is 0.214. The molecule has 1 aromatic carbocycles. The van der Waals surface area contributed by atoms with Crippen LogP contribution in [-0.2, 0) is 11.3 Å². The molecule has 0 saturated carbocycles. The molecule has 1 heterocycles. The molecule has 1 atom stereocenters. The molecule has 0 aliphatic heterocycles. The summed E-state index contributed by atoms with van der Waals surface area (Å²) in [5.74, 6) is 0.0134. The van der Waals surface area contributed by atoms with Gasteiger partial charge in [-0.3, -0.25) is 4.79 Å². The Morgan fingerprint density at radius 2 is 2.25 bits per heavy atom. The third kappa shape index (κ3) is 4.52. The monoisotopic (exact) mass is 389 g/mol. The summed E-state index contributed by atoms with van der Waals surface area (Å²) in [5.41, 5.74) is 0. The van der Waals surface area contributed by atoms with Gasteiger partial charge in [-0.25, -0.2) is 0 Å². The minimum absolute atomic E-state index is 0.0134. The number of thiophene rings is 1. The number of amides is 1. The molecule has 0 aliphatic rings. The first kappa shape index (κ1) is 15.9. The van der Waals surface area contributed by atoms with E-state index < -0.39 is 0 Å². The van der Waals surface area contributed by atoms with Crippen molar-refractivity contribution in [3.05, 3.63) is 50.1 Å². The maximum Gasteiger partial charge on any atom is 0.233 e. The molecule has 0 bridgehead atoms. The van der Waals surface area contributed by atoms with Gasteiger partial charge in [0.1, 0.15) is 0 Å². The lowest BCUT2D eigenvalue weighted by molar-refractivity contribution is -0.120. The number of hydrogen-bond acceptors (Lipinski definition) is 3. The summed E-state index contributed by atoms with van der Waals surface area (Å²) in [5, 5.41) is 5.44. The minimum atomic E-state index is -0.182. The van der Waals surface area contributed by atoms with Gasteiger partial charge in [0, 0.05) is 19.6 Å². The Hall–Kier alpha value is -0.490. The predicted octanol–water partition coefficient (Wildman–Crippen LogP) is 4.96. The lowest BCUT2D eigenvalue weighted by Gasteiger charge is -2.12. The third-order valence-electron chi connectivity index (χ3n) is 2.57. The molecule has 6 heteroatoms. The number of thioether (sulfide) groups is 1. The number of nitrogens with one attached hydrogen (secondary N) is 1. The third-order valence-corrected chi connectivity index (χ3v) is 5.89. The Balaban J connectivity index is 1.87. The highest BCUT2D eigenvalue weighted by molar-refractivity contribution is 9.10. The van der Waals surface area contributed by atoms with Crippen molar-refractivity contribution < 1.29 is 4.79 Å². The van der Waals surface area contributed by atoms with E-state index >= 15 is 0 Å². The van der Waals surface area contributed by atoms with Crippen LogP contribution in [-0.4, -0.2) is 11.2 Å². The quantitative estimate of drug-likeness (QED) is 0.731. The van der Waals surface area contributed by atoms with Gasteiger partial charge in [-0.05, 0) is 41.1 Å². The van der Waals surface area contributed by atoms with Crippen molar-refractivity contribution >= 4 is 56.5 Å². The molecule has 106 valence electrons. The summed E-state index contributed by atoms with van der Waals surface area (Å²) in [6, 6.07) is 9.56. The first-order chi connectivity index (χ1) is 9.56. The van der Waals surface area contributed by atoms with Gasteiger partial charge in [0.15, 0.2) is 0 Å². The Kier molecular flexibility index (Phi) is 5.96.